The second kappa shape index (κ2) is 10.6. The van der Waals surface area contributed by atoms with Gasteiger partial charge in [-0.15, -0.1) is 12.4 Å². The van der Waals surface area contributed by atoms with Crippen molar-refractivity contribution in [2.45, 2.75) is 38.8 Å². The smallest absolute Gasteiger partial charge is 0.269 e. The molecule has 2 aromatic rings. The molecule has 8 heteroatoms. The number of nitro groups is 1. The van der Waals surface area contributed by atoms with Crippen LogP contribution in [0, 0.1) is 10.1 Å². The van der Waals surface area contributed by atoms with Gasteiger partial charge in [0.1, 0.15) is 5.75 Å². The first kappa shape index (κ1) is 23.0. The molecule has 0 aromatic heterocycles. The van der Waals surface area contributed by atoms with Gasteiger partial charge in [0.2, 0.25) is 0 Å². The molecule has 31 heavy (non-hydrogen) atoms. The van der Waals surface area contributed by atoms with E-state index < -0.39 is 4.92 Å². The van der Waals surface area contributed by atoms with Gasteiger partial charge in [-0.25, -0.2) is 0 Å². The molecule has 1 fully saturated rings. The summed E-state index contributed by atoms with van der Waals surface area (Å²) in [6.45, 7) is 5.01. The second-order valence-corrected chi connectivity index (χ2v) is 8.00. The van der Waals surface area contributed by atoms with E-state index in [2.05, 4.69) is 4.90 Å². The number of hydrogen-bond donors (Lipinski definition) is 0. The summed E-state index contributed by atoms with van der Waals surface area (Å²) in [5.41, 5.74) is 2.46. The summed E-state index contributed by atoms with van der Waals surface area (Å²) in [4.78, 5) is 27.6. The van der Waals surface area contributed by atoms with E-state index in [1.807, 2.05) is 12.1 Å². The minimum absolute atomic E-state index is 0. The van der Waals surface area contributed by atoms with Crippen molar-refractivity contribution >= 4 is 24.0 Å². The van der Waals surface area contributed by atoms with Crippen molar-refractivity contribution in [1.82, 2.24) is 9.80 Å². The maximum absolute atomic E-state index is 12.8. The third-order valence-corrected chi connectivity index (χ3v) is 5.85. The number of amides is 1. The Hall–Kier alpha value is -2.64. The molecule has 2 aromatic carbocycles. The first-order valence-corrected chi connectivity index (χ1v) is 10.6. The van der Waals surface area contributed by atoms with Gasteiger partial charge in [-0.3, -0.25) is 14.9 Å². The fourth-order valence-corrected chi connectivity index (χ4v) is 4.18. The molecule has 166 valence electrons. The maximum atomic E-state index is 12.8. The summed E-state index contributed by atoms with van der Waals surface area (Å²) < 4.78 is 5.83. The van der Waals surface area contributed by atoms with Gasteiger partial charge in [-0.1, -0.05) is 12.5 Å². The molecule has 1 amide bonds. The first-order valence-electron chi connectivity index (χ1n) is 10.6. The highest BCUT2D eigenvalue weighted by atomic mass is 35.5. The number of halogens is 1. The van der Waals surface area contributed by atoms with E-state index in [1.165, 1.54) is 38.4 Å². The summed E-state index contributed by atoms with van der Waals surface area (Å²) >= 11 is 0. The topological polar surface area (TPSA) is 75.9 Å². The number of piperidine rings is 1. The highest BCUT2D eigenvalue weighted by Gasteiger charge is 2.26. The zero-order chi connectivity index (χ0) is 20.9. The average Bonchev–Trinajstić information content (AvgIpc) is 3.21. The number of ether oxygens (including phenoxy) is 1. The van der Waals surface area contributed by atoms with Crippen LogP contribution in [0.2, 0.25) is 0 Å². The van der Waals surface area contributed by atoms with E-state index in [9.17, 15) is 14.9 Å². The molecular weight excluding hydrogens is 418 g/mol. The van der Waals surface area contributed by atoms with Gasteiger partial charge < -0.3 is 14.5 Å². The lowest BCUT2D eigenvalue weighted by Crippen LogP contribution is -2.31. The molecule has 0 N–H and O–H groups in total. The fourth-order valence-electron chi connectivity index (χ4n) is 4.18. The van der Waals surface area contributed by atoms with Crippen molar-refractivity contribution < 1.29 is 14.5 Å². The van der Waals surface area contributed by atoms with E-state index >= 15 is 0 Å². The molecule has 2 aliphatic rings. The number of nitro benzene ring substituents is 1. The van der Waals surface area contributed by atoms with E-state index in [0.717, 1.165) is 29.8 Å². The molecule has 0 atom stereocenters. The van der Waals surface area contributed by atoms with Crippen LogP contribution < -0.4 is 4.74 Å². The van der Waals surface area contributed by atoms with Crippen LogP contribution in [0.15, 0.2) is 42.5 Å². The second-order valence-electron chi connectivity index (χ2n) is 8.00. The maximum Gasteiger partial charge on any atom is 0.269 e. The Morgan fingerprint density at radius 1 is 1.00 bits per heavy atom. The number of likely N-dealkylation sites (tertiary alicyclic amines) is 1. The third-order valence-electron chi connectivity index (χ3n) is 5.85. The summed E-state index contributed by atoms with van der Waals surface area (Å²) in [5.74, 6) is 0.691. The minimum Gasteiger partial charge on any atom is -0.494 e. The van der Waals surface area contributed by atoms with Gasteiger partial charge in [0.15, 0.2) is 0 Å². The number of fused-ring (bicyclic) bond motifs is 1. The summed E-state index contributed by atoms with van der Waals surface area (Å²) in [6.07, 6.45) is 4.95. The number of carbonyl (C=O) groups excluding carboxylic acids is 1. The lowest BCUT2D eigenvalue weighted by atomic mass is 10.1. The Labute approximate surface area is 188 Å². The van der Waals surface area contributed by atoms with Crippen molar-refractivity contribution in [3.05, 3.63) is 69.3 Å². The normalized spacial score (nSPS) is 15.8. The Balaban J connectivity index is 0.00000272. The Bertz CT molecular complexity index is 914. The van der Waals surface area contributed by atoms with Gasteiger partial charge in [0, 0.05) is 37.3 Å². The summed E-state index contributed by atoms with van der Waals surface area (Å²) in [5, 5.41) is 11.0. The zero-order valence-corrected chi connectivity index (χ0v) is 18.3. The Kier molecular flexibility index (Phi) is 7.87. The molecule has 2 heterocycles. The predicted octanol–water partition coefficient (Wildman–Crippen LogP) is 4.43. The highest BCUT2D eigenvalue weighted by Crippen LogP contribution is 2.28. The molecule has 0 bridgehead atoms. The molecule has 0 spiro atoms. The van der Waals surface area contributed by atoms with Crippen LogP contribution in [-0.4, -0.2) is 46.9 Å². The lowest BCUT2D eigenvalue weighted by Gasteiger charge is -2.26. The number of non-ortho nitro benzene ring substituents is 1. The lowest BCUT2D eigenvalue weighted by molar-refractivity contribution is -0.384. The largest absolute Gasteiger partial charge is 0.494 e. The number of nitrogens with zero attached hydrogens (tertiary/aromatic N) is 3. The van der Waals surface area contributed by atoms with Gasteiger partial charge in [0.25, 0.3) is 11.6 Å². The van der Waals surface area contributed by atoms with Crippen molar-refractivity contribution in [3.8, 4) is 5.75 Å². The predicted molar refractivity (Wildman–Crippen MR) is 121 cm³/mol. The van der Waals surface area contributed by atoms with Crippen LogP contribution in [0.4, 0.5) is 5.69 Å². The molecule has 0 radical (unpaired) electrons. The molecule has 0 saturated carbocycles. The number of carbonyl (C=O) groups is 1. The van der Waals surface area contributed by atoms with Gasteiger partial charge in [0.05, 0.1) is 11.5 Å². The van der Waals surface area contributed by atoms with Crippen LogP contribution in [-0.2, 0) is 13.1 Å². The van der Waals surface area contributed by atoms with Crippen molar-refractivity contribution in [1.29, 1.82) is 0 Å². The fraction of sp³-hybridized carbons (Fsp3) is 0.435. The van der Waals surface area contributed by atoms with Gasteiger partial charge in [-0.2, -0.15) is 0 Å². The van der Waals surface area contributed by atoms with E-state index in [4.69, 9.17) is 4.74 Å². The zero-order valence-electron chi connectivity index (χ0n) is 17.5. The van der Waals surface area contributed by atoms with Crippen molar-refractivity contribution in [3.63, 3.8) is 0 Å². The number of benzene rings is 2. The average molecular weight is 446 g/mol. The SMILES string of the molecule is Cl.O=C(c1ccc(OCCCN2CCCCC2)cc1)N1Cc2ccc([N+](=O)[O-])cc2C1. The summed E-state index contributed by atoms with van der Waals surface area (Å²) in [7, 11) is 0. The minimum atomic E-state index is -0.407. The molecular formula is C23H28ClN3O4. The van der Waals surface area contributed by atoms with Crippen LogP contribution >= 0.6 is 12.4 Å². The van der Waals surface area contributed by atoms with Crippen LogP contribution in [0.1, 0.15) is 47.2 Å². The van der Waals surface area contributed by atoms with Crippen LogP contribution in [0.25, 0.3) is 0 Å². The van der Waals surface area contributed by atoms with Gasteiger partial charge in [-0.05, 0) is 67.7 Å². The van der Waals surface area contributed by atoms with Crippen LogP contribution in [0.3, 0.4) is 0 Å². The number of hydrogen-bond acceptors (Lipinski definition) is 5. The first-order chi connectivity index (χ1) is 14.6. The molecule has 0 unspecified atom stereocenters. The van der Waals surface area contributed by atoms with E-state index in [-0.39, 0.29) is 24.0 Å². The highest BCUT2D eigenvalue weighted by molar-refractivity contribution is 5.94. The molecule has 4 rings (SSSR count). The van der Waals surface area contributed by atoms with E-state index in [0.29, 0.717) is 25.3 Å². The Morgan fingerprint density at radius 3 is 2.42 bits per heavy atom. The standard InChI is InChI=1S/C23H27N3O4.ClH/c27-23(25-16-19-5-8-21(26(28)29)15-20(19)17-25)18-6-9-22(10-7-18)30-14-4-13-24-11-2-1-3-12-24;/h5-10,15H,1-4,11-14,16-17H2;1H. The summed E-state index contributed by atoms with van der Waals surface area (Å²) in [6, 6.07) is 12.0. The third kappa shape index (κ3) is 5.74. The molecule has 7 nitrogen and oxygen atoms in total. The molecule has 1 saturated heterocycles. The quantitative estimate of drug-likeness (QED) is 0.358. The Morgan fingerprint density at radius 2 is 1.71 bits per heavy atom. The molecule has 0 aliphatic carbocycles. The van der Waals surface area contributed by atoms with Crippen molar-refractivity contribution in [2.75, 3.05) is 26.2 Å². The monoisotopic (exact) mass is 445 g/mol. The van der Waals surface area contributed by atoms with E-state index in [1.54, 1.807) is 29.2 Å². The molecule has 2 aliphatic heterocycles. The van der Waals surface area contributed by atoms with Gasteiger partial charge >= 0.3 is 0 Å². The van der Waals surface area contributed by atoms with Crippen molar-refractivity contribution in [2.24, 2.45) is 0 Å². The number of rotatable bonds is 7. The van der Waals surface area contributed by atoms with Crippen LogP contribution in [0.5, 0.6) is 5.75 Å².